The Bertz CT molecular complexity index is 1260. The molecule has 0 saturated carbocycles. The van der Waals surface area contributed by atoms with Crippen molar-refractivity contribution in [3.8, 4) is 5.69 Å². The van der Waals surface area contributed by atoms with Crippen LogP contribution in [0.2, 0.25) is 0 Å². The maximum absolute atomic E-state index is 14.5. The number of aryl methyl sites for hydroxylation is 1. The van der Waals surface area contributed by atoms with E-state index in [2.05, 4.69) is 20.6 Å². The van der Waals surface area contributed by atoms with Gasteiger partial charge in [-0.3, -0.25) is 14.6 Å². The maximum atomic E-state index is 14.5. The molecule has 8 heteroatoms. The SMILES string of the molecule is Cc1cccc(C(=O)NCc2ccc(-n3ccnc3)c(F)c2)c1NC(=O)c1ccncc1. The average Bonchev–Trinajstić information content (AvgIpc) is 3.34. The van der Waals surface area contributed by atoms with E-state index in [0.717, 1.165) is 5.56 Å². The van der Waals surface area contributed by atoms with Crippen molar-refractivity contribution >= 4 is 17.5 Å². The lowest BCUT2D eigenvalue weighted by molar-refractivity contribution is 0.0951. The first-order valence-electron chi connectivity index (χ1n) is 9.89. The predicted octanol–water partition coefficient (Wildman–Crippen LogP) is 3.90. The summed E-state index contributed by atoms with van der Waals surface area (Å²) in [5.41, 5.74) is 2.90. The zero-order chi connectivity index (χ0) is 22.5. The number of para-hydroxylation sites is 1. The van der Waals surface area contributed by atoms with E-state index >= 15 is 0 Å². The lowest BCUT2D eigenvalue weighted by Crippen LogP contribution is -2.25. The predicted molar refractivity (Wildman–Crippen MR) is 118 cm³/mol. The van der Waals surface area contributed by atoms with Gasteiger partial charge in [0.25, 0.3) is 11.8 Å². The number of pyridine rings is 1. The second-order valence-electron chi connectivity index (χ2n) is 7.13. The number of carbonyl (C=O) groups is 2. The lowest BCUT2D eigenvalue weighted by atomic mass is 10.1. The van der Waals surface area contributed by atoms with E-state index in [0.29, 0.717) is 28.1 Å². The molecule has 0 aliphatic heterocycles. The molecule has 2 amide bonds. The minimum atomic E-state index is -0.421. The number of nitrogens with one attached hydrogen (secondary N) is 2. The number of rotatable bonds is 6. The van der Waals surface area contributed by atoms with Crippen LogP contribution in [0.25, 0.3) is 5.69 Å². The Balaban J connectivity index is 1.49. The van der Waals surface area contributed by atoms with Crippen LogP contribution in [0.5, 0.6) is 0 Å². The molecular formula is C24H20FN5O2. The fourth-order valence-electron chi connectivity index (χ4n) is 3.26. The van der Waals surface area contributed by atoms with E-state index < -0.39 is 5.82 Å². The van der Waals surface area contributed by atoms with Gasteiger partial charge in [0.2, 0.25) is 0 Å². The fourth-order valence-corrected chi connectivity index (χ4v) is 3.26. The van der Waals surface area contributed by atoms with Gasteiger partial charge in [-0.05, 0) is 48.4 Å². The molecular weight excluding hydrogens is 409 g/mol. The molecule has 2 aromatic carbocycles. The van der Waals surface area contributed by atoms with E-state index in [-0.39, 0.29) is 18.4 Å². The molecule has 0 unspecified atom stereocenters. The summed E-state index contributed by atoms with van der Waals surface area (Å²) < 4.78 is 16.0. The summed E-state index contributed by atoms with van der Waals surface area (Å²) in [4.78, 5) is 33.3. The summed E-state index contributed by atoms with van der Waals surface area (Å²) in [6, 6.07) is 13.1. The number of amides is 2. The minimum absolute atomic E-state index is 0.131. The number of hydrogen-bond donors (Lipinski definition) is 2. The van der Waals surface area contributed by atoms with Gasteiger partial charge in [0.15, 0.2) is 0 Å². The molecule has 2 aromatic heterocycles. The number of benzene rings is 2. The first kappa shape index (κ1) is 20.9. The Morgan fingerprint density at radius 3 is 2.53 bits per heavy atom. The molecule has 0 saturated heterocycles. The maximum Gasteiger partial charge on any atom is 0.255 e. The van der Waals surface area contributed by atoms with Gasteiger partial charge in [-0.2, -0.15) is 0 Å². The van der Waals surface area contributed by atoms with Crippen molar-refractivity contribution in [2.24, 2.45) is 0 Å². The van der Waals surface area contributed by atoms with Crippen LogP contribution in [-0.4, -0.2) is 26.3 Å². The Labute approximate surface area is 184 Å². The third-order valence-corrected chi connectivity index (χ3v) is 4.95. The first-order chi connectivity index (χ1) is 15.5. The second kappa shape index (κ2) is 9.22. The average molecular weight is 429 g/mol. The van der Waals surface area contributed by atoms with Crippen LogP contribution >= 0.6 is 0 Å². The van der Waals surface area contributed by atoms with Crippen LogP contribution in [-0.2, 0) is 6.54 Å². The van der Waals surface area contributed by atoms with Crippen molar-refractivity contribution in [3.05, 3.63) is 108 Å². The topological polar surface area (TPSA) is 88.9 Å². The van der Waals surface area contributed by atoms with Gasteiger partial charge in [-0.15, -0.1) is 0 Å². The van der Waals surface area contributed by atoms with Crippen LogP contribution in [0.15, 0.2) is 79.6 Å². The molecule has 0 radical (unpaired) electrons. The van der Waals surface area contributed by atoms with E-state index in [1.807, 2.05) is 13.0 Å². The van der Waals surface area contributed by atoms with Crippen LogP contribution in [0.1, 0.15) is 31.8 Å². The number of aromatic nitrogens is 3. The normalized spacial score (nSPS) is 10.6. The van der Waals surface area contributed by atoms with Crippen LogP contribution < -0.4 is 10.6 Å². The van der Waals surface area contributed by atoms with Gasteiger partial charge in [0.05, 0.1) is 23.3 Å². The Morgan fingerprint density at radius 2 is 1.81 bits per heavy atom. The number of imidazole rings is 1. The van der Waals surface area contributed by atoms with Crippen molar-refractivity contribution in [1.82, 2.24) is 19.9 Å². The number of anilines is 1. The second-order valence-corrected chi connectivity index (χ2v) is 7.13. The van der Waals surface area contributed by atoms with Crippen LogP contribution in [0, 0.1) is 12.7 Å². The molecule has 0 bridgehead atoms. The smallest absolute Gasteiger partial charge is 0.255 e. The minimum Gasteiger partial charge on any atom is -0.348 e. The van der Waals surface area contributed by atoms with Gasteiger partial charge in [0.1, 0.15) is 5.82 Å². The molecule has 4 aromatic rings. The Hall–Kier alpha value is -4.33. The van der Waals surface area contributed by atoms with E-state index in [1.54, 1.807) is 53.4 Å². The molecule has 7 nitrogen and oxygen atoms in total. The zero-order valence-electron chi connectivity index (χ0n) is 17.2. The van der Waals surface area contributed by atoms with Crippen LogP contribution in [0.3, 0.4) is 0 Å². The van der Waals surface area contributed by atoms with E-state index in [1.165, 1.54) is 24.8 Å². The van der Waals surface area contributed by atoms with E-state index in [9.17, 15) is 14.0 Å². The highest BCUT2D eigenvalue weighted by Crippen LogP contribution is 2.22. The highest BCUT2D eigenvalue weighted by Gasteiger charge is 2.16. The van der Waals surface area contributed by atoms with Crippen molar-refractivity contribution in [2.75, 3.05) is 5.32 Å². The molecule has 2 heterocycles. The molecule has 160 valence electrons. The molecule has 4 rings (SSSR count). The molecule has 0 aliphatic rings. The highest BCUT2D eigenvalue weighted by atomic mass is 19.1. The van der Waals surface area contributed by atoms with E-state index in [4.69, 9.17) is 0 Å². The van der Waals surface area contributed by atoms with Gasteiger partial charge in [-0.25, -0.2) is 9.37 Å². The molecule has 0 fully saturated rings. The van der Waals surface area contributed by atoms with Crippen molar-refractivity contribution in [2.45, 2.75) is 13.5 Å². The fraction of sp³-hybridized carbons (Fsp3) is 0.0833. The monoisotopic (exact) mass is 429 g/mol. The molecule has 0 aliphatic carbocycles. The van der Waals surface area contributed by atoms with Gasteiger partial charge < -0.3 is 15.2 Å². The summed E-state index contributed by atoms with van der Waals surface area (Å²) in [6.45, 7) is 1.94. The van der Waals surface area contributed by atoms with Gasteiger partial charge >= 0.3 is 0 Å². The largest absolute Gasteiger partial charge is 0.348 e. The first-order valence-corrected chi connectivity index (χ1v) is 9.89. The summed E-state index contributed by atoms with van der Waals surface area (Å²) in [7, 11) is 0. The zero-order valence-corrected chi connectivity index (χ0v) is 17.2. The molecule has 0 spiro atoms. The van der Waals surface area contributed by atoms with Crippen LogP contribution in [0.4, 0.5) is 10.1 Å². The van der Waals surface area contributed by atoms with Gasteiger partial charge in [0, 0.05) is 36.9 Å². The number of carbonyl (C=O) groups excluding carboxylic acids is 2. The molecule has 2 N–H and O–H groups in total. The summed E-state index contributed by atoms with van der Waals surface area (Å²) in [5.74, 6) is -1.14. The summed E-state index contributed by atoms with van der Waals surface area (Å²) in [6.07, 6.45) is 7.79. The van der Waals surface area contributed by atoms with Gasteiger partial charge in [-0.1, -0.05) is 18.2 Å². The Morgan fingerprint density at radius 1 is 1.00 bits per heavy atom. The quantitative estimate of drug-likeness (QED) is 0.487. The third kappa shape index (κ3) is 4.54. The number of hydrogen-bond acceptors (Lipinski definition) is 4. The Kier molecular flexibility index (Phi) is 6.03. The summed E-state index contributed by atoms with van der Waals surface area (Å²) >= 11 is 0. The van der Waals surface area contributed by atoms with Crippen molar-refractivity contribution in [1.29, 1.82) is 0 Å². The van der Waals surface area contributed by atoms with Crippen molar-refractivity contribution in [3.63, 3.8) is 0 Å². The summed E-state index contributed by atoms with van der Waals surface area (Å²) in [5, 5.41) is 5.60. The standard InChI is InChI=1S/C24H20FN5O2/c1-16-3-2-4-19(22(16)29-23(31)18-7-9-26-10-8-18)24(32)28-14-17-5-6-21(20(25)13-17)30-12-11-27-15-30/h2-13,15H,14H2,1H3,(H,28,32)(H,29,31). The van der Waals surface area contributed by atoms with Crippen molar-refractivity contribution < 1.29 is 14.0 Å². The highest BCUT2D eigenvalue weighted by molar-refractivity contribution is 6.09. The lowest BCUT2D eigenvalue weighted by Gasteiger charge is -2.14. The molecule has 0 atom stereocenters. The molecule has 32 heavy (non-hydrogen) atoms. The number of halogens is 1. The number of nitrogens with zero attached hydrogens (tertiary/aromatic N) is 3. The third-order valence-electron chi connectivity index (χ3n) is 4.95.